The molecule has 1 aromatic rings. The summed E-state index contributed by atoms with van der Waals surface area (Å²) in [6, 6.07) is 5.07. The lowest BCUT2D eigenvalue weighted by molar-refractivity contribution is 0.0155. The van der Waals surface area contributed by atoms with E-state index in [9.17, 15) is 4.79 Å². The molecule has 1 aliphatic rings. The Morgan fingerprint density at radius 2 is 2.16 bits per heavy atom. The van der Waals surface area contributed by atoms with E-state index >= 15 is 0 Å². The molecule has 5 nitrogen and oxygen atoms in total. The Morgan fingerprint density at radius 1 is 1.42 bits per heavy atom. The van der Waals surface area contributed by atoms with Crippen LogP contribution in [-0.4, -0.2) is 30.9 Å². The van der Waals surface area contributed by atoms with Gasteiger partial charge in [-0.3, -0.25) is 0 Å². The Hall–Kier alpha value is -1.59. The van der Waals surface area contributed by atoms with E-state index < -0.39 is 5.97 Å². The van der Waals surface area contributed by atoms with Crippen LogP contribution < -0.4 is 5.73 Å². The molecule has 5 heteroatoms. The molecule has 0 saturated carbocycles. The van der Waals surface area contributed by atoms with Crippen molar-refractivity contribution in [2.24, 2.45) is 5.92 Å². The van der Waals surface area contributed by atoms with Crippen LogP contribution >= 0.6 is 0 Å². The molecule has 0 amide bonds. The standard InChI is InChI=1S/C14H19NO4/c15-12-3-1-2-11(13(12)14(16)17)9-19-8-10-4-6-18-7-5-10/h1-3,10H,4-9,15H2,(H,16,17). The van der Waals surface area contributed by atoms with Crippen molar-refractivity contribution in [2.75, 3.05) is 25.6 Å². The lowest BCUT2D eigenvalue weighted by Gasteiger charge is -2.22. The molecule has 1 aromatic carbocycles. The van der Waals surface area contributed by atoms with Crippen LogP contribution in [0.5, 0.6) is 0 Å². The van der Waals surface area contributed by atoms with Crippen molar-refractivity contribution in [1.82, 2.24) is 0 Å². The molecule has 0 spiro atoms. The SMILES string of the molecule is Nc1cccc(COCC2CCOCC2)c1C(=O)O. The van der Waals surface area contributed by atoms with Crippen molar-refractivity contribution in [3.05, 3.63) is 29.3 Å². The van der Waals surface area contributed by atoms with Crippen LogP contribution in [0.2, 0.25) is 0 Å². The minimum atomic E-state index is -1.01. The number of benzene rings is 1. The Balaban J connectivity index is 1.92. The number of ether oxygens (including phenoxy) is 2. The lowest BCUT2D eigenvalue weighted by atomic mass is 10.0. The summed E-state index contributed by atoms with van der Waals surface area (Å²) < 4.78 is 10.9. The first kappa shape index (κ1) is 13.8. The maximum atomic E-state index is 11.2. The van der Waals surface area contributed by atoms with Crippen LogP contribution in [0.15, 0.2) is 18.2 Å². The molecule has 0 atom stereocenters. The predicted octanol–water partition coefficient (Wildman–Crippen LogP) is 1.91. The van der Waals surface area contributed by atoms with Crippen LogP contribution in [0.3, 0.4) is 0 Å². The second kappa shape index (κ2) is 6.54. The van der Waals surface area contributed by atoms with Gasteiger partial charge in [0, 0.05) is 18.9 Å². The number of anilines is 1. The van der Waals surface area contributed by atoms with Crippen LogP contribution in [0.1, 0.15) is 28.8 Å². The molecule has 1 saturated heterocycles. The largest absolute Gasteiger partial charge is 0.478 e. The molecule has 1 aliphatic heterocycles. The third kappa shape index (κ3) is 3.68. The van der Waals surface area contributed by atoms with E-state index in [4.69, 9.17) is 20.3 Å². The lowest BCUT2D eigenvalue weighted by Crippen LogP contribution is -2.20. The van der Waals surface area contributed by atoms with E-state index in [2.05, 4.69) is 0 Å². The summed E-state index contributed by atoms with van der Waals surface area (Å²) in [5.74, 6) is -0.508. The smallest absolute Gasteiger partial charge is 0.338 e. The number of nitrogens with two attached hydrogens (primary N) is 1. The topological polar surface area (TPSA) is 81.8 Å². The average molecular weight is 265 g/mol. The highest BCUT2D eigenvalue weighted by Gasteiger charge is 2.16. The van der Waals surface area contributed by atoms with Crippen molar-refractivity contribution in [3.8, 4) is 0 Å². The fraction of sp³-hybridized carbons (Fsp3) is 0.500. The third-order valence-corrected chi connectivity index (χ3v) is 3.35. The van der Waals surface area contributed by atoms with Gasteiger partial charge >= 0.3 is 5.97 Å². The zero-order chi connectivity index (χ0) is 13.7. The number of carboxylic acid groups (broad SMARTS) is 1. The van der Waals surface area contributed by atoms with Crippen LogP contribution in [0.25, 0.3) is 0 Å². The third-order valence-electron chi connectivity index (χ3n) is 3.35. The first-order valence-electron chi connectivity index (χ1n) is 6.44. The zero-order valence-corrected chi connectivity index (χ0v) is 10.8. The molecular weight excluding hydrogens is 246 g/mol. The van der Waals surface area contributed by atoms with Crippen molar-refractivity contribution >= 4 is 11.7 Å². The highest BCUT2D eigenvalue weighted by molar-refractivity contribution is 5.95. The van der Waals surface area contributed by atoms with E-state index in [1.807, 2.05) is 0 Å². The predicted molar refractivity (Wildman–Crippen MR) is 71.0 cm³/mol. The zero-order valence-electron chi connectivity index (χ0n) is 10.8. The van der Waals surface area contributed by atoms with Gasteiger partial charge in [0.05, 0.1) is 18.8 Å². The Kier molecular flexibility index (Phi) is 4.76. The minimum Gasteiger partial charge on any atom is -0.478 e. The van der Waals surface area contributed by atoms with E-state index in [1.165, 1.54) is 0 Å². The summed E-state index contributed by atoms with van der Waals surface area (Å²) >= 11 is 0. The van der Waals surface area contributed by atoms with Crippen molar-refractivity contribution in [3.63, 3.8) is 0 Å². The van der Waals surface area contributed by atoms with Gasteiger partial charge in [-0.2, -0.15) is 0 Å². The Bertz CT molecular complexity index is 441. The van der Waals surface area contributed by atoms with E-state index in [1.54, 1.807) is 18.2 Å². The molecule has 0 aliphatic carbocycles. The molecule has 19 heavy (non-hydrogen) atoms. The number of hydrogen-bond donors (Lipinski definition) is 2. The van der Waals surface area contributed by atoms with Gasteiger partial charge in [0.2, 0.25) is 0 Å². The van der Waals surface area contributed by atoms with Crippen LogP contribution in [0, 0.1) is 5.92 Å². The van der Waals surface area contributed by atoms with Crippen LogP contribution in [-0.2, 0) is 16.1 Å². The maximum absolute atomic E-state index is 11.2. The Morgan fingerprint density at radius 3 is 2.84 bits per heavy atom. The average Bonchev–Trinajstić information content (AvgIpc) is 2.39. The van der Waals surface area contributed by atoms with E-state index in [0.29, 0.717) is 18.1 Å². The molecule has 0 unspecified atom stereocenters. The second-order valence-electron chi connectivity index (χ2n) is 4.76. The number of carbonyl (C=O) groups is 1. The van der Waals surface area contributed by atoms with Gasteiger partial charge in [0.1, 0.15) is 0 Å². The molecular formula is C14H19NO4. The molecule has 104 valence electrons. The first-order chi connectivity index (χ1) is 9.18. The van der Waals surface area contributed by atoms with Gasteiger partial charge in [-0.05, 0) is 30.4 Å². The second-order valence-corrected chi connectivity index (χ2v) is 4.76. The molecule has 3 N–H and O–H groups in total. The van der Waals surface area contributed by atoms with Crippen molar-refractivity contribution in [1.29, 1.82) is 0 Å². The van der Waals surface area contributed by atoms with Gasteiger partial charge in [-0.15, -0.1) is 0 Å². The number of rotatable bonds is 5. The molecule has 2 rings (SSSR count). The summed E-state index contributed by atoms with van der Waals surface area (Å²) in [5, 5.41) is 9.14. The van der Waals surface area contributed by atoms with Gasteiger partial charge < -0.3 is 20.3 Å². The molecule has 0 radical (unpaired) electrons. The summed E-state index contributed by atoms with van der Waals surface area (Å²) in [5.41, 5.74) is 6.73. The summed E-state index contributed by atoms with van der Waals surface area (Å²) in [6.45, 7) is 2.49. The highest BCUT2D eigenvalue weighted by Crippen LogP contribution is 2.20. The first-order valence-corrected chi connectivity index (χ1v) is 6.44. The summed E-state index contributed by atoms with van der Waals surface area (Å²) in [7, 11) is 0. The number of hydrogen-bond acceptors (Lipinski definition) is 4. The van der Waals surface area contributed by atoms with Crippen molar-refractivity contribution < 1.29 is 19.4 Å². The fourth-order valence-corrected chi connectivity index (χ4v) is 2.25. The number of carboxylic acids is 1. The quantitative estimate of drug-likeness (QED) is 0.795. The van der Waals surface area contributed by atoms with Gasteiger partial charge in [-0.1, -0.05) is 12.1 Å². The highest BCUT2D eigenvalue weighted by atomic mass is 16.5. The van der Waals surface area contributed by atoms with E-state index in [-0.39, 0.29) is 17.9 Å². The summed E-state index contributed by atoms with van der Waals surface area (Å²) in [4.78, 5) is 11.2. The van der Waals surface area contributed by atoms with Gasteiger partial charge in [0.25, 0.3) is 0 Å². The number of nitrogen functional groups attached to an aromatic ring is 1. The number of aromatic carboxylic acids is 1. The fourth-order valence-electron chi connectivity index (χ4n) is 2.25. The molecule has 0 aromatic heterocycles. The molecule has 1 heterocycles. The molecule has 0 bridgehead atoms. The Labute approximate surface area is 112 Å². The summed E-state index contributed by atoms with van der Waals surface area (Å²) in [6.07, 6.45) is 2.01. The van der Waals surface area contributed by atoms with E-state index in [0.717, 1.165) is 26.1 Å². The van der Waals surface area contributed by atoms with Crippen LogP contribution in [0.4, 0.5) is 5.69 Å². The molecule has 1 fully saturated rings. The van der Waals surface area contributed by atoms with Gasteiger partial charge in [0.15, 0.2) is 0 Å². The minimum absolute atomic E-state index is 0.148. The van der Waals surface area contributed by atoms with Gasteiger partial charge in [-0.25, -0.2) is 4.79 Å². The monoisotopic (exact) mass is 265 g/mol. The maximum Gasteiger partial charge on any atom is 0.338 e. The normalized spacial score (nSPS) is 16.4. The van der Waals surface area contributed by atoms with Crippen molar-refractivity contribution in [2.45, 2.75) is 19.4 Å².